The van der Waals surface area contributed by atoms with Crippen molar-refractivity contribution < 1.29 is 22.7 Å². The number of hydrogen-bond acceptors (Lipinski definition) is 4. The van der Waals surface area contributed by atoms with Crippen LogP contribution in [0.5, 0.6) is 0 Å². The van der Waals surface area contributed by atoms with Crippen LogP contribution in [0.25, 0.3) is 10.9 Å². The number of alkyl halides is 3. The van der Waals surface area contributed by atoms with Gasteiger partial charge in [0.1, 0.15) is 6.17 Å². The van der Waals surface area contributed by atoms with Gasteiger partial charge in [0.15, 0.2) is 10.8 Å². The van der Waals surface area contributed by atoms with E-state index in [1.54, 1.807) is 18.4 Å². The molecule has 0 saturated carbocycles. The number of halogens is 4. The van der Waals surface area contributed by atoms with Crippen molar-refractivity contribution in [3.05, 3.63) is 44.0 Å². The maximum Gasteiger partial charge on any atom is 0.337 e. The number of carbonyl (C=O) groups excluding carboxylic acids is 1. The first-order chi connectivity index (χ1) is 14.2. The molecule has 160 valence electrons. The zero-order chi connectivity index (χ0) is 21.7. The number of ether oxygens (including phenoxy) is 1. The molecule has 4 rings (SSSR count). The Kier molecular flexibility index (Phi) is 5.52. The molecule has 2 atom stereocenters. The molecule has 3 aromatic rings. The SMILES string of the molecule is CCOC(=O)C(c1[nH]c(=S)n2c1C[C@@H](F)C2)n1cc2c(C(F)F)cc(Br)c(C)c2n1. The average molecular weight is 503 g/mol. The van der Waals surface area contributed by atoms with Gasteiger partial charge in [0.25, 0.3) is 6.43 Å². The third-order valence-corrected chi connectivity index (χ3v) is 6.39. The number of fused-ring (bicyclic) bond motifs is 2. The molecular weight excluding hydrogens is 485 g/mol. The van der Waals surface area contributed by atoms with E-state index in [1.807, 2.05) is 0 Å². The van der Waals surface area contributed by atoms with E-state index in [0.717, 1.165) is 0 Å². The van der Waals surface area contributed by atoms with Crippen molar-refractivity contribution in [2.45, 2.75) is 45.5 Å². The Bertz CT molecular complexity index is 1200. The van der Waals surface area contributed by atoms with Gasteiger partial charge in [-0.05, 0) is 37.7 Å². The molecule has 11 heteroatoms. The third-order valence-electron chi connectivity index (χ3n) is 5.24. The summed E-state index contributed by atoms with van der Waals surface area (Å²) in [6.07, 6.45) is -2.34. The third kappa shape index (κ3) is 3.37. The van der Waals surface area contributed by atoms with Gasteiger partial charge in [-0.25, -0.2) is 18.0 Å². The minimum Gasteiger partial charge on any atom is -0.464 e. The molecule has 1 unspecified atom stereocenters. The highest BCUT2D eigenvalue weighted by molar-refractivity contribution is 9.10. The van der Waals surface area contributed by atoms with E-state index in [1.165, 1.54) is 16.9 Å². The summed E-state index contributed by atoms with van der Waals surface area (Å²) in [6.45, 7) is 3.62. The molecule has 0 fully saturated rings. The molecular formula is C19H18BrF3N4O2S. The summed E-state index contributed by atoms with van der Waals surface area (Å²) >= 11 is 8.58. The van der Waals surface area contributed by atoms with Gasteiger partial charge in [0.2, 0.25) is 0 Å². The van der Waals surface area contributed by atoms with Crippen LogP contribution in [0.4, 0.5) is 13.2 Å². The van der Waals surface area contributed by atoms with Gasteiger partial charge in [-0.3, -0.25) is 4.68 Å². The van der Waals surface area contributed by atoms with Crippen molar-refractivity contribution in [1.29, 1.82) is 0 Å². The first kappa shape index (κ1) is 21.1. The summed E-state index contributed by atoms with van der Waals surface area (Å²) in [7, 11) is 0. The molecule has 0 saturated heterocycles. The fraction of sp³-hybridized carbons (Fsp3) is 0.421. The Hall–Kier alpha value is -2.14. The number of carbonyl (C=O) groups is 1. The molecule has 0 amide bonds. The van der Waals surface area contributed by atoms with Gasteiger partial charge in [-0.2, -0.15) is 5.10 Å². The summed E-state index contributed by atoms with van der Waals surface area (Å²) in [4.78, 5) is 15.9. The molecule has 1 aliphatic rings. The van der Waals surface area contributed by atoms with E-state index in [-0.39, 0.29) is 30.5 Å². The van der Waals surface area contributed by atoms with Crippen molar-refractivity contribution in [2.24, 2.45) is 0 Å². The van der Waals surface area contributed by atoms with Crippen LogP contribution >= 0.6 is 28.1 Å². The van der Waals surface area contributed by atoms with Crippen LogP contribution in [0.15, 0.2) is 16.7 Å². The van der Waals surface area contributed by atoms with Crippen LogP contribution < -0.4 is 0 Å². The molecule has 0 aliphatic carbocycles. The lowest BCUT2D eigenvalue weighted by molar-refractivity contribution is -0.146. The number of benzene rings is 1. The zero-order valence-corrected chi connectivity index (χ0v) is 18.5. The van der Waals surface area contributed by atoms with Crippen LogP contribution in [0.3, 0.4) is 0 Å². The maximum atomic E-state index is 14.0. The van der Waals surface area contributed by atoms with Gasteiger partial charge < -0.3 is 14.3 Å². The number of aromatic amines is 1. The molecule has 0 bridgehead atoms. The minimum absolute atomic E-state index is 0.0893. The molecule has 2 aromatic heterocycles. The largest absolute Gasteiger partial charge is 0.464 e. The molecule has 1 aromatic carbocycles. The first-order valence-electron chi connectivity index (χ1n) is 9.31. The zero-order valence-electron chi connectivity index (χ0n) is 16.1. The fourth-order valence-corrected chi connectivity index (χ4v) is 4.57. The monoisotopic (exact) mass is 502 g/mol. The Balaban J connectivity index is 1.94. The Labute approximate surface area is 183 Å². The molecule has 1 N–H and O–H groups in total. The van der Waals surface area contributed by atoms with E-state index in [9.17, 15) is 18.0 Å². The fourth-order valence-electron chi connectivity index (χ4n) is 3.84. The van der Waals surface area contributed by atoms with Gasteiger partial charge in [-0.15, -0.1) is 0 Å². The van der Waals surface area contributed by atoms with Crippen LogP contribution in [0, 0.1) is 11.7 Å². The standard InChI is InChI=1S/C19H18BrF3N4O2S/c1-3-29-18(28)16(15-13-4-9(21)6-26(13)19(30)24-15)27-7-11-10(17(22)23)5-12(20)8(2)14(11)25-27/h5,7,9,16-17H,3-4,6H2,1-2H3,(H,24,30)/t9-,16?/m1/s1. The maximum absolute atomic E-state index is 14.0. The predicted molar refractivity (Wildman–Crippen MR) is 110 cm³/mol. The molecule has 6 nitrogen and oxygen atoms in total. The lowest BCUT2D eigenvalue weighted by Gasteiger charge is -2.16. The van der Waals surface area contributed by atoms with E-state index in [4.69, 9.17) is 17.0 Å². The van der Waals surface area contributed by atoms with Gasteiger partial charge in [0.05, 0.1) is 24.4 Å². The number of aromatic nitrogens is 4. The van der Waals surface area contributed by atoms with Crippen LogP contribution in [0.2, 0.25) is 0 Å². The van der Waals surface area contributed by atoms with Crippen molar-refractivity contribution in [3.63, 3.8) is 0 Å². The van der Waals surface area contributed by atoms with Gasteiger partial charge in [0, 0.05) is 33.7 Å². The lowest BCUT2D eigenvalue weighted by atomic mass is 10.1. The Morgan fingerprint density at radius 2 is 2.23 bits per heavy atom. The van der Waals surface area contributed by atoms with Crippen molar-refractivity contribution in [1.82, 2.24) is 19.3 Å². The predicted octanol–water partition coefficient (Wildman–Crippen LogP) is 4.95. The summed E-state index contributed by atoms with van der Waals surface area (Å²) in [5.41, 5.74) is 1.72. The van der Waals surface area contributed by atoms with Crippen LogP contribution in [-0.4, -0.2) is 38.1 Å². The Morgan fingerprint density at radius 3 is 2.90 bits per heavy atom. The molecule has 3 heterocycles. The highest BCUT2D eigenvalue weighted by Crippen LogP contribution is 2.36. The molecule has 0 spiro atoms. The number of aryl methyl sites for hydroxylation is 1. The Morgan fingerprint density at radius 1 is 1.50 bits per heavy atom. The van der Waals surface area contributed by atoms with E-state index >= 15 is 0 Å². The number of hydrogen-bond donors (Lipinski definition) is 1. The summed E-state index contributed by atoms with van der Waals surface area (Å²) in [6, 6.07) is 0.245. The minimum atomic E-state index is -2.72. The molecule has 30 heavy (non-hydrogen) atoms. The normalized spacial score (nSPS) is 17.0. The summed E-state index contributed by atoms with van der Waals surface area (Å²) < 4.78 is 50.2. The summed E-state index contributed by atoms with van der Waals surface area (Å²) in [5.74, 6) is -0.637. The second-order valence-electron chi connectivity index (χ2n) is 7.10. The quantitative estimate of drug-likeness (QED) is 0.396. The number of nitrogens with one attached hydrogen (secondary N) is 1. The van der Waals surface area contributed by atoms with E-state index in [2.05, 4.69) is 26.0 Å². The number of imidazole rings is 1. The number of H-pyrrole nitrogens is 1. The van der Waals surface area contributed by atoms with Crippen molar-refractivity contribution in [2.75, 3.05) is 6.61 Å². The number of esters is 1. The summed E-state index contributed by atoms with van der Waals surface area (Å²) in [5, 5.41) is 4.68. The number of nitrogens with zero attached hydrogens (tertiary/aromatic N) is 3. The lowest BCUT2D eigenvalue weighted by Crippen LogP contribution is -2.25. The van der Waals surface area contributed by atoms with Gasteiger partial charge >= 0.3 is 5.97 Å². The van der Waals surface area contributed by atoms with Crippen LogP contribution in [-0.2, 0) is 22.5 Å². The second-order valence-corrected chi connectivity index (χ2v) is 8.34. The number of rotatable bonds is 5. The average Bonchev–Trinajstić information content (AvgIpc) is 3.34. The van der Waals surface area contributed by atoms with Crippen LogP contribution in [0.1, 0.15) is 41.9 Å². The van der Waals surface area contributed by atoms with Crippen molar-refractivity contribution >= 4 is 45.0 Å². The van der Waals surface area contributed by atoms with Crippen molar-refractivity contribution in [3.8, 4) is 0 Å². The van der Waals surface area contributed by atoms with Gasteiger partial charge in [-0.1, -0.05) is 15.9 Å². The van der Waals surface area contributed by atoms with E-state index < -0.39 is 24.6 Å². The highest BCUT2D eigenvalue weighted by atomic mass is 79.9. The first-order valence-corrected chi connectivity index (χ1v) is 10.5. The second kappa shape index (κ2) is 7.84. The molecule has 1 aliphatic heterocycles. The highest BCUT2D eigenvalue weighted by Gasteiger charge is 2.35. The molecule has 0 radical (unpaired) electrons. The van der Waals surface area contributed by atoms with E-state index in [0.29, 0.717) is 31.7 Å². The topological polar surface area (TPSA) is 64.8 Å². The smallest absolute Gasteiger partial charge is 0.337 e.